The molecule has 2 unspecified atom stereocenters. The van der Waals surface area contributed by atoms with E-state index >= 15 is 0 Å². The Kier molecular flexibility index (Phi) is 4.81. The summed E-state index contributed by atoms with van der Waals surface area (Å²) < 4.78 is 1.16. The topological polar surface area (TPSA) is 37.8 Å². The molecule has 1 aliphatic rings. The Balaban J connectivity index is 2.23. The van der Waals surface area contributed by atoms with Crippen LogP contribution in [0.5, 0.6) is 0 Å². The van der Waals surface area contributed by atoms with Crippen LogP contribution in [0.4, 0.5) is 5.82 Å². The maximum Gasteiger partial charge on any atom is 0.143 e. The van der Waals surface area contributed by atoms with Gasteiger partial charge in [0.1, 0.15) is 11.6 Å². The van der Waals surface area contributed by atoms with Crippen molar-refractivity contribution in [3.8, 4) is 0 Å². The second kappa shape index (κ2) is 6.17. The zero-order valence-electron chi connectivity index (χ0n) is 11.5. The molecule has 100 valence electrons. The number of hydrogen-bond acceptors (Lipinski definition) is 3. The summed E-state index contributed by atoms with van der Waals surface area (Å²) in [6, 6.07) is 0. The first kappa shape index (κ1) is 14.0. The van der Waals surface area contributed by atoms with Crippen LogP contribution in [-0.4, -0.2) is 16.5 Å². The molecular formula is C14H22IN3. The highest BCUT2D eigenvalue weighted by atomic mass is 127. The minimum absolute atomic E-state index is 0.572. The van der Waals surface area contributed by atoms with E-state index in [9.17, 15) is 0 Å². The molecule has 0 spiro atoms. The molecule has 2 rings (SSSR count). The molecule has 3 nitrogen and oxygen atoms in total. The first-order valence-electron chi connectivity index (χ1n) is 6.93. The molecule has 0 bridgehead atoms. The number of aryl methyl sites for hydroxylation is 1. The third-order valence-corrected chi connectivity index (χ3v) is 5.15. The van der Waals surface area contributed by atoms with Crippen LogP contribution in [0.3, 0.4) is 0 Å². The fourth-order valence-electron chi connectivity index (χ4n) is 2.73. The maximum absolute atomic E-state index is 4.74. The van der Waals surface area contributed by atoms with Crippen molar-refractivity contribution in [2.75, 3.05) is 11.9 Å². The van der Waals surface area contributed by atoms with E-state index in [1.54, 1.807) is 0 Å². The minimum Gasteiger partial charge on any atom is -0.369 e. The lowest BCUT2D eigenvalue weighted by Gasteiger charge is -2.14. The van der Waals surface area contributed by atoms with Gasteiger partial charge in [-0.3, -0.25) is 0 Å². The summed E-state index contributed by atoms with van der Waals surface area (Å²) in [4.78, 5) is 9.45. The van der Waals surface area contributed by atoms with Crippen LogP contribution in [-0.2, 0) is 0 Å². The largest absolute Gasteiger partial charge is 0.369 e. The molecular weight excluding hydrogens is 337 g/mol. The molecule has 1 aromatic rings. The monoisotopic (exact) mass is 359 g/mol. The fraction of sp³-hybridized carbons (Fsp3) is 0.714. The molecule has 4 heteroatoms. The van der Waals surface area contributed by atoms with Gasteiger partial charge in [-0.2, -0.15) is 0 Å². The van der Waals surface area contributed by atoms with Gasteiger partial charge in [0.05, 0.1) is 9.26 Å². The lowest BCUT2D eigenvalue weighted by Crippen LogP contribution is -2.10. The van der Waals surface area contributed by atoms with Crippen LogP contribution >= 0.6 is 22.6 Å². The smallest absolute Gasteiger partial charge is 0.143 e. The summed E-state index contributed by atoms with van der Waals surface area (Å²) in [5, 5.41) is 3.35. The van der Waals surface area contributed by atoms with Crippen LogP contribution < -0.4 is 5.32 Å². The Bertz CT molecular complexity index is 420. The van der Waals surface area contributed by atoms with Crippen LogP contribution in [0.15, 0.2) is 0 Å². The second-order valence-corrected chi connectivity index (χ2v) is 6.22. The van der Waals surface area contributed by atoms with Crippen LogP contribution in [0, 0.1) is 16.4 Å². The van der Waals surface area contributed by atoms with E-state index in [-0.39, 0.29) is 0 Å². The summed E-state index contributed by atoms with van der Waals surface area (Å²) >= 11 is 2.33. The Morgan fingerprint density at radius 2 is 2.06 bits per heavy atom. The van der Waals surface area contributed by atoms with Gasteiger partial charge in [0.25, 0.3) is 0 Å². The van der Waals surface area contributed by atoms with E-state index in [1.807, 2.05) is 0 Å². The number of aromatic nitrogens is 2. The van der Waals surface area contributed by atoms with Crippen molar-refractivity contribution in [1.29, 1.82) is 0 Å². The highest BCUT2D eigenvalue weighted by Crippen LogP contribution is 2.39. The first-order chi connectivity index (χ1) is 8.65. The van der Waals surface area contributed by atoms with E-state index in [0.29, 0.717) is 5.92 Å². The average Bonchev–Trinajstić information content (AvgIpc) is 2.83. The van der Waals surface area contributed by atoms with Crippen molar-refractivity contribution in [2.45, 2.75) is 52.4 Å². The van der Waals surface area contributed by atoms with E-state index in [2.05, 4.69) is 48.7 Å². The maximum atomic E-state index is 4.74. The molecule has 1 aliphatic carbocycles. The van der Waals surface area contributed by atoms with Gasteiger partial charge in [0.2, 0.25) is 0 Å². The summed E-state index contributed by atoms with van der Waals surface area (Å²) in [6.07, 6.45) is 5.15. The number of anilines is 1. The summed E-state index contributed by atoms with van der Waals surface area (Å²) in [6.45, 7) is 7.39. The molecule has 1 N–H and O–H groups in total. The first-order valence-corrected chi connectivity index (χ1v) is 8.01. The number of nitrogens with one attached hydrogen (secondary N) is 1. The Hall–Kier alpha value is -0.390. The number of hydrogen-bond donors (Lipinski definition) is 1. The molecule has 0 aromatic carbocycles. The van der Waals surface area contributed by atoms with Crippen molar-refractivity contribution in [3.05, 3.63) is 15.1 Å². The van der Waals surface area contributed by atoms with E-state index in [4.69, 9.17) is 9.97 Å². The van der Waals surface area contributed by atoms with Gasteiger partial charge in [-0.15, -0.1) is 0 Å². The Morgan fingerprint density at radius 3 is 2.67 bits per heavy atom. The highest BCUT2D eigenvalue weighted by Gasteiger charge is 2.27. The van der Waals surface area contributed by atoms with Crippen molar-refractivity contribution in [1.82, 2.24) is 9.97 Å². The number of rotatable bonds is 4. The van der Waals surface area contributed by atoms with Crippen molar-refractivity contribution < 1.29 is 0 Å². The van der Waals surface area contributed by atoms with Gasteiger partial charge in [-0.25, -0.2) is 9.97 Å². The lowest BCUT2D eigenvalue weighted by molar-refractivity contribution is 0.516. The SMILES string of the molecule is CCNc1nc(C2CCC(CC)C2)nc(C)c1I. The molecule has 1 aromatic heterocycles. The fourth-order valence-corrected chi connectivity index (χ4v) is 3.16. The molecule has 1 heterocycles. The minimum atomic E-state index is 0.572. The van der Waals surface area contributed by atoms with E-state index < -0.39 is 0 Å². The zero-order valence-corrected chi connectivity index (χ0v) is 13.6. The Labute approximate surface area is 123 Å². The third kappa shape index (κ3) is 2.95. The molecule has 1 saturated carbocycles. The normalized spacial score (nSPS) is 23.3. The molecule has 0 saturated heterocycles. The summed E-state index contributed by atoms with van der Waals surface area (Å²) in [5.74, 6) is 3.52. The van der Waals surface area contributed by atoms with E-state index in [0.717, 1.165) is 33.4 Å². The van der Waals surface area contributed by atoms with Crippen LogP contribution in [0.25, 0.3) is 0 Å². The average molecular weight is 359 g/mol. The summed E-state index contributed by atoms with van der Waals surface area (Å²) in [7, 11) is 0. The number of halogens is 1. The van der Waals surface area contributed by atoms with Gasteiger partial charge < -0.3 is 5.32 Å². The van der Waals surface area contributed by atoms with Gasteiger partial charge >= 0.3 is 0 Å². The van der Waals surface area contributed by atoms with Crippen molar-refractivity contribution >= 4 is 28.4 Å². The predicted molar refractivity (Wildman–Crippen MR) is 84.0 cm³/mol. The number of nitrogens with zero attached hydrogens (tertiary/aromatic N) is 2. The molecule has 0 amide bonds. The molecule has 0 radical (unpaired) electrons. The van der Waals surface area contributed by atoms with E-state index in [1.165, 1.54) is 25.7 Å². The Morgan fingerprint density at radius 1 is 1.28 bits per heavy atom. The van der Waals surface area contributed by atoms with Crippen LogP contribution in [0.1, 0.15) is 57.0 Å². The van der Waals surface area contributed by atoms with Gasteiger partial charge in [-0.1, -0.05) is 13.3 Å². The molecule has 18 heavy (non-hydrogen) atoms. The standard InChI is InChI=1S/C14H22IN3/c1-4-10-6-7-11(8-10)13-17-9(3)12(15)14(18-13)16-5-2/h10-11H,4-8H2,1-3H3,(H,16,17,18). The van der Waals surface area contributed by atoms with Crippen molar-refractivity contribution in [3.63, 3.8) is 0 Å². The van der Waals surface area contributed by atoms with Crippen molar-refractivity contribution in [2.24, 2.45) is 5.92 Å². The lowest BCUT2D eigenvalue weighted by atomic mass is 10.0. The summed E-state index contributed by atoms with van der Waals surface area (Å²) in [5.41, 5.74) is 1.11. The second-order valence-electron chi connectivity index (χ2n) is 5.14. The molecule has 2 atom stereocenters. The van der Waals surface area contributed by atoms with Gasteiger partial charge in [-0.05, 0) is 61.6 Å². The van der Waals surface area contributed by atoms with Gasteiger partial charge in [0, 0.05) is 12.5 Å². The predicted octanol–water partition coefficient (Wildman–Crippen LogP) is 4.12. The van der Waals surface area contributed by atoms with Crippen LogP contribution in [0.2, 0.25) is 0 Å². The molecule has 0 aliphatic heterocycles. The quantitative estimate of drug-likeness (QED) is 0.822. The zero-order chi connectivity index (χ0) is 13.1. The van der Waals surface area contributed by atoms with Gasteiger partial charge in [0.15, 0.2) is 0 Å². The molecule has 1 fully saturated rings. The third-order valence-electron chi connectivity index (χ3n) is 3.86. The highest BCUT2D eigenvalue weighted by molar-refractivity contribution is 14.1.